The fourth-order valence-corrected chi connectivity index (χ4v) is 2.98. The predicted octanol–water partition coefficient (Wildman–Crippen LogP) is 3.93. The van der Waals surface area contributed by atoms with Gasteiger partial charge < -0.3 is 5.73 Å². The SMILES string of the molecule is CC1(C)CCCC1(N)Cc1cccc(F)c1Cl. The molecule has 1 fully saturated rings. The lowest BCUT2D eigenvalue weighted by atomic mass is 9.72. The van der Waals surface area contributed by atoms with E-state index in [1.807, 2.05) is 6.07 Å². The maximum absolute atomic E-state index is 13.4. The molecule has 3 heteroatoms. The van der Waals surface area contributed by atoms with E-state index in [9.17, 15) is 4.39 Å². The maximum atomic E-state index is 13.4. The molecular formula is C14H19ClFN. The van der Waals surface area contributed by atoms with Crippen molar-refractivity contribution in [1.82, 2.24) is 0 Å². The van der Waals surface area contributed by atoms with Crippen LogP contribution >= 0.6 is 11.6 Å². The molecule has 0 amide bonds. The Balaban J connectivity index is 2.29. The molecule has 0 aromatic heterocycles. The van der Waals surface area contributed by atoms with Gasteiger partial charge in [-0.2, -0.15) is 0 Å². The van der Waals surface area contributed by atoms with Crippen LogP contribution in [-0.2, 0) is 6.42 Å². The Morgan fingerprint density at radius 2 is 2.06 bits per heavy atom. The Morgan fingerprint density at radius 1 is 1.35 bits per heavy atom. The van der Waals surface area contributed by atoms with Crippen LogP contribution in [-0.4, -0.2) is 5.54 Å². The Morgan fingerprint density at radius 3 is 2.65 bits per heavy atom. The maximum Gasteiger partial charge on any atom is 0.142 e. The molecule has 1 unspecified atom stereocenters. The van der Waals surface area contributed by atoms with Crippen molar-refractivity contribution >= 4 is 11.6 Å². The van der Waals surface area contributed by atoms with Crippen LogP contribution in [0.1, 0.15) is 38.7 Å². The summed E-state index contributed by atoms with van der Waals surface area (Å²) in [7, 11) is 0. The average Bonchev–Trinajstić information content (AvgIpc) is 2.49. The van der Waals surface area contributed by atoms with Crippen LogP contribution in [0.3, 0.4) is 0 Å². The number of benzene rings is 1. The van der Waals surface area contributed by atoms with Gasteiger partial charge in [-0.15, -0.1) is 0 Å². The fraction of sp³-hybridized carbons (Fsp3) is 0.571. The van der Waals surface area contributed by atoms with E-state index >= 15 is 0 Å². The first-order valence-corrected chi connectivity index (χ1v) is 6.45. The third kappa shape index (κ3) is 2.21. The molecule has 1 atom stereocenters. The summed E-state index contributed by atoms with van der Waals surface area (Å²) in [5.74, 6) is -0.358. The summed E-state index contributed by atoms with van der Waals surface area (Å²) in [5, 5.41) is 0.222. The summed E-state index contributed by atoms with van der Waals surface area (Å²) in [6.45, 7) is 4.38. The zero-order chi connectivity index (χ0) is 12.7. The Hall–Kier alpha value is -0.600. The van der Waals surface area contributed by atoms with Crippen LogP contribution in [0.2, 0.25) is 5.02 Å². The van der Waals surface area contributed by atoms with Gasteiger partial charge in [-0.1, -0.05) is 44.0 Å². The quantitative estimate of drug-likeness (QED) is 0.851. The summed E-state index contributed by atoms with van der Waals surface area (Å²) >= 11 is 6.00. The van der Waals surface area contributed by atoms with Crippen LogP contribution in [0.4, 0.5) is 4.39 Å². The number of hydrogen-bond acceptors (Lipinski definition) is 1. The van der Waals surface area contributed by atoms with Crippen LogP contribution in [0, 0.1) is 11.2 Å². The molecule has 2 N–H and O–H groups in total. The summed E-state index contributed by atoms with van der Waals surface area (Å²) in [6.07, 6.45) is 3.89. The van der Waals surface area contributed by atoms with Crippen molar-refractivity contribution in [2.24, 2.45) is 11.1 Å². The lowest BCUT2D eigenvalue weighted by Gasteiger charge is -2.38. The largest absolute Gasteiger partial charge is 0.324 e. The Labute approximate surface area is 107 Å². The fourth-order valence-electron chi connectivity index (χ4n) is 2.79. The van der Waals surface area contributed by atoms with Gasteiger partial charge in [-0.05, 0) is 36.3 Å². The van der Waals surface area contributed by atoms with Gasteiger partial charge in [-0.3, -0.25) is 0 Å². The second-order valence-corrected chi connectivity index (χ2v) is 6.16. The smallest absolute Gasteiger partial charge is 0.142 e. The summed E-state index contributed by atoms with van der Waals surface area (Å²) in [5.41, 5.74) is 7.14. The number of rotatable bonds is 2. The van der Waals surface area contributed by atoms with E-state index in [0.717, 1.165) is 24.8 Å². The molecule has 0 saturated heterocycles. The molecule has 0 heterocycles. The van der Waals surface area contributed by atoms with Gasteiger partial charge in [-0.25, -0.2) is 4.39 Å². The Bertz CT molecular complexity index is 430. The van der Waals surface area contributed by atoms with Crippen molar-refractivity contribution in [1.29, 1.82) is 0 Å². The van der Waals surface area contributed by atoms with E-state index in [2.05, 4.69) is 13.8 Å². The van der Waals surface area contributed by atoms with E-state index in [0.29, 0.717) is 6.42 Å². The van der Waals surface area contributed by atoms with E-state index in [1.165, 1.54) is 6.07 Å². The molecule has 1 aliphatic carbocycles. The first-order chi connectivity index (χ1) is 7.86. The highest BCUT2D eigenvalue weighted by molar-refractivity contribution is 6.31. The van der Waals surface area contributed by atoms with Gasteiger partial charge in [0.2, 0.25) is 0 Å². The minimum absolute atomic E-state index is 0.0860. The lowest BCUT2D eigenvalue weighted by Crippen LogP contribution is -2.50. The molecule has 1 nitrogen and oxygen atoms in total. The average molecular weight is 256 g/mol. The third-order valence-electron chi connectivity index (χ3n) is 4.31. The molecule has 1 aromatic carbocycles. The normalized spacial score (nSPS) is 27.4. The van der Waals surface area contributed by atoms with Gasteiger partial charge in [0, 0.05) is 5.54 Å². The topological polar surface area (TPSA) is 26.0 Å². The monoisotopic (exact) mass is 255 g/mol. The lowest BCUT2D eigenvalue weighted by molar-refractivity contribution is 0.207. The molecular weight excluding hydrogens is 237 g/mol. The van der Waals surface area contributed by atoms with Crippen LogP contribution in [0.15, 0.2) is 18.2 Å². The third-order valence-corrected chi connectivity index (χ3v) is 4.73. The zero-order valence-corrected chi connectivity index (χ0v) is 11.1. The van der Waals surface area contributed by atoms with E-state index in [1.54, 1.807) is 6.07 Å². The first kappa shape index (κ1) is 12.8. The predicted molar refractivity (Wildman–Crippen MR) is 69.7 cm³/mol. The molecule has 17 heavy (non-hydrogen) atoms. The summed E-state index contributed by atoms with van der Waals surface area (Å²) < 4.78 is 13.4. The highest BCUT2D eigenvalue weighted by Crippen LogP contribution is 2.46. The van der Waals surface area contributed by atoms with Gasteiger partial charge in [0.1, 0.15) is 5.82 Å². The second-order valence-electron chi connectivity index (χ2n) is 5.78. The molecule has 1 saturated carbocycles. The molecule has 1 aromatic rings. The van der Waals surface area contributed by atoms with E-state index in [-0.39, 0.29) is 21.8 Å². The van der Waals surface area contributed by atoms with Crippen LogP contribution in [0.25, 0.3) is 0 Å². The van der Waals surface area contributed by atoms with Crippen molar-refractivity contribution < 1.29 is 4.39 Å². The number of nitrogens with two attached hydrogens (primary N) is 1. The second kappa shape index (κ2) is 4.25. The zero-order valence-electron chi connectivity index (χ0n) is 10.4. The molecule has 0 spiro atoms. The van der Waals surface area contributed by atoms with Crippen molar-refractivity contribution in [2.45, 2.75) is 45.1 Å². The number of hydrogen-bond donors (Lipinski definition) is 1. The molecule has 2 rings (SSSR count). The highest BCUT2D eigenvalue weighted by atomic mass is 35.5. The highest BCUT2D eigenvalue weighted by Gasteiger charge is 2.45. The summed E-state index contributed by atoms with van der Waals surface area (Å²) in [6, 6.07) is 4.95. The molecule has 0 aliphatic heterocycles. The van der Waals surface area contributed by atoms with Gasteiger partial charge >= 0.3 is 0 Å². The van der Waals surface area contributed by atoms with Gasteiger partial charge in [0.25, 0.3) is 0 Å². The Kier molecular flexibility index (Phi) is 3.21. The van der Waals surface area contributed by atoms with Gasteiger partial charge in [0.05, 0.1) is 5.02 Å². The number of halogens is 2. The molecule has 0 bridgehead atoms. The summed E-state index contributed by atoms with van der Waals surface area (Å²) in [4.78, 5) is 0. The molecule has 1 aliphatic rings. The van der Waals surface area contributed by atoms with Crippen molar-refractivity contribution in [3.05, 3.63) is 34.6 Å². The molecule has 0 radical (unpaired) electrons. The minimum Gasteiger partial charge on any atom is -0.324 e. The van der Waals surface area contributed by atoms with Gasteiger partial charge in [0.15, 0.2) is 0 Å². The van der Waals surface area contributed by atoms with Crippen LogP contribution in [0.5, 0.6) is 0 Å². The standard InChI is InChI=1S/C14H19ClFN/c1-13(2)7-4-8-14(13,17)9-10-5-3-6-11(16)12(10)15/h3,5-6H,4,7-9,17H2,1-2H3. The van der Waals surface area contributed by atoms with Crippen LogP contribution < -0.4 is 5.73 Å². The van der Waals surface area contributed by atoms with E-state index in [4.69, 9.17) is 17.3 Å². The van der Waals surface area contributed by atoms with Crippen molar-refractivity contribution in [3.63, 3.8) is 0 Å². The van der Waals surface area contributed by atoms with E-state index < -0.39 is 0 Å². The van der Waals surface area contributed by atoms with Crippen molar-refractivity contribution in [3.8, 4) is 0 Å². The molecule has 94 valence electrons. The minimum atomic E-state index is -0.358. The first-order valence-electron chi connectivity index (χ1n) is 6.07. The van der Waals surface area contributed by atoms with Crippen molar-refractivity contribution in [2.75, 3.05) is 0 Å².